The summed E-state index contributed by atoms with van der Waals surface area (Å²) < 4.78 is 0. The summed E-state index contributed by atoms with van der Waals surface area (Å²) in [5.41, 5.74) is 0. The number of hydrogen-bond acceptors (Lipinski definition) is 1. The van der Waals surface area contributed by atoms with Crippen LogP contribution in [-0.4, -0.2) is 10.6 Å². The van der Waals surface area contributed by atoms with Crippen LogP contribution in [0.3, 0.4) is 0 Å². The van der Waals surface area contributed by atoms with Crippen molar-refractivity contribution in [3.63, 3.8) is 0 Å². The van der Waals surface area contributed by atoms with E-state index in [1.54, 1.807) is 0 Å². The Hall–Kier alpha value is 0.150. The molecule has 1 aliphatic rings. The number of rotatable bonds is 2. The predicted octanol–water partition coefficient (Wildman–Crippen LogP) is 2.53. The molecular weight excluding hydrogens is 192 g/mol. The maximum absolute atomic E-state index is 11.0. The first-order valence-electron chi connectivity index (χ1n) is 3.92. The summed E-state index contributed by atoms with van der Waals surface area (Å²) in [5.74, 6) is 1.02. The van der Waals surface area contributed by atoms with E-state index in [1.165, 1.54) is 12.8 Å². The molecule has 1 fully saturated rings. The van der Waals surface area contributed by atoms with E-state index in [2.05, 4.69) is 22.9 Å². The second-order valence-electron chi connectivity index (χ2n) is 2.96. The topological polar surface area (TPSA) is 17.1 Å². The summed E-state index contributed by atoms with van der Waals surface area (Å²) in [6.45, 7) is 2.17. The lowest BCUT2D eigenvalue weighted by atomic mass is 10.0. The van der Waals surface area contributed by atoms with Crippen molar-refractivity contribution >= 4 is 21.7 Å². The second-order valence-corrected chi connectivity index (χ2v) is 3.94. The first-order chi connectivity index (χ1) is 4.75. The van der Waals surface area contributed by atoms with Gasteiger partial charge in [-0.05, 0) is 18.8 Å². The van der Waals surface area contributed by atoms with E-state index in [9.17, 15) is 4.79 Å². The number of ketones is 1. The van der Waals surface area contributed by atoms with Crippen molar-refractivity contribution in [1.82, 2.24) is 0 Å². The fourth-order valence-corrected chi connectivity index (χ4v) is 2.29. The lowest BCUT2D eigenvalue weighted by Crippen LogP contribution is -2.12. The Kier molecular flexibility index (Phi) is 2.90. The average molecular weight is 205 g/mol. The van der Waals surface area contributed by atoms with Crippen LogP contribution >= 0.6 is 15.9 Å². The van der Waals surface area contributed by atoms with Gasteiger partial charge in [-0.15, -0.1) is 0 Å². The van der Waals surface area contributed by atoms with Crippen LogP contribution in [0.5, 0.6) is 0 Å². The van der Waals surface area contributed by atoms with E-state index in [0.717, 1.165) is 12.8 Å². The molecule has 0 aromatic heterocycles. The highest BCUT2D eigenvalue weighted by Gasteiger charge is 2.31. The Bertz CT molecular complexity index is 133. The van der Waals surface area contributed by atoms with Gasteiger partial charge in [0.05, 0.1) is 4.83 Å². The van der Waals surface area contributed by atoms with E-state index >= 15 is 0 Å². The highest BCUT2D eigenvalue weighted by Crippen LogP contribution is 2.31. The summed E-state index contributed by atoms with van der Waals surface area (Å²) in [7, 11) is 0. The quantitative estimate of drug-likeness (QED) is 0.633. The van der Waals surface area contributed by atoms with Crippen LogP contribution in [0.4, 0.5) is 0 Å². The van der Waals surface area contributed by atoms with Crippen LogP contribution in [-0.2, 0) is 4.79 Å². The fourth-order valence-electron chi connectivity index (χ4n) is 1.54. The molecule has 2 unspecified atom stereocenters. The molecule has 1 rings (SSSR count). The Morgan fingerprint density at radius 3 is 2.80 bits per heavy atom. The Morgan fingerprint density at radius 2 is 2.40 bits per heavy atom. The first kappa shape index (κ1) is 8.25. The third kappa shape index (κ3) is 1.60. The Labute approximate surface area is 70.3 Å². The van der Waals surface area contributed by atoms with Crippen molar-refractivity contribution in [3.8, 4) is 0 Å². The lowest BCUT2D eigenvalue weighted by Gasteiger charge is -2.09. The van der Waals surface area contributed by atoms with Crippen LogP contribution in [0.25, 0.3) is 0 Å². The van der Waals surface area contributed by atoms with E-state index in [1.807, 2.05) is 0 Å². The molecule has 0 radical (unpaired) electrons. The van der Waals surface area contributed by atoms with Crippen LogP contribution in [0.1, 0.15) is 32.6 Å². The molecule has 0 N–H and O–H groups in total. The molecule has 0 spiro atoms. The molecule has 1 aliphatic carbocycles. The van der Waals surface area contributed by atoms with Crippen molar-refractivity contribution in [3.05, 3.63) is 0 Å². The maximum Gasteiger partial charge on any atom is 0.146 e. The zero-order chi connectivity index (χ0) is 7.56. The minimum absolute atomic E-state index is 0.174. The normalized spacial score (nSPS) is 33.2. The van der Waals surface area contributed by atoms with E-state index < -0.39 is 0 Å². The van der Waals surface area contributed by atoms with Gasteiger partial charge in [0.25, 0.3) is 0 Å². The number of carbonyl (C=O) groups is 1. The monoisotopic (exact) mass is 204 g/mol. The van der Waals surface area contributed by atoms with Crippen molar-refractivity contribution in [1.29, 1.82) is 0 Å². The van der Waals surface area contributed by atoms with Gasteiger partial charge in [-0.3, -0.25) is 4.79 Å². The number of Topliss-reactive ketones (excluding diaryl/α,β-unsaturated/α-hetero) is 1. The molecule has 1 nitrogen and oxygen atoms in total. The SMILES string of the molecule is CCCC1CCC(=O)C1Br. The molecule has 58 valence electrons. The van der Waals surface area contributed by atoms with Gasteiger partial charge in [0.2, 0.25) is 0 Å². The summed E-state index contributed by atoms with van der Waals surface area (Å²) in [5, 5.41) is 0. The Morgan fingerprint density at radius 1 is 1.70 bits per heavy atom. The Balaban J connectivity index is 2.41. The van der Waals surface area contributed by atoms with Gasteiger partial charge >= 0.3 is 0 Å². The molecule has 2 heteroatoms. The third-order valence-electron chi connectivity index (χ3n) is 2.14. The smallest absolute Gasteiger partial charge is 0.146 e. The summed E-state index contributed by atoms with van der Waals surface area (Å²) in [4.78, 5) is 11.2. The molecule has 0 bridgehead atoms. The lowest BCUT2D eigenvalue weighted by molar-refractivity contribution is -0.117. The molecule has 0 aliphatic heterocycles. The van der Waals surface area contributed by atoms with Crippen LogP contribution in [0, 0.1) is 5.92 Å². The largest absolute Gasteiger partial charge is 0.298 e. The maximum atomic E-state index is 11.0. The number of halogens is 1. The van der Waals surface area contributed by atoms with Gasteiger partial charge in [-0.1, -0.05) is 29.3 Å². The molecule has 0 aromatic rings. The van der Waals surface area contributed by atoms with Gasteiger partial charge in [-0.25, -0.2) is 0 Å². The van der Waals surface area contributed by atoms with Gasteiger partial charge in [0.1, 0.15) is 5.78 Å². The molecule has 0 saturated heterocycles. The average Bonchev–Trinajstić information content (AvgIpc) is 2.20. The zero-order valence-electron chi connectivity index (χ0n) is 6.27. The molecule has 0 amide bonds. The van der Waals surface area contributed by atoms with Crippen molar-refractivity contribution in [2.24, 2.45) is 5.92 Å². The van der Waals surface area contributed by atoms with Crippen LogP contribution < -0.4 is 0 Å². The van der Waals surface area contributed by atoms with Gasteiger partial charge in [0.15, 0.2) is 0 Å². The van der Waals surface area contributed by atoms with E-state index in [-0.39, 0.29) is 4.83 Å². The highest BCUT2D eigenvalue weighted by molar-refractivity contribution is 9.10. The molecule has 10 heavy (non-hydrogen) atoms. The minimum atomic E-state index is 0.174. The van der Waals surface area contributed by atoms with Crippen molar-refractivity contribution in [2.45, 2.75) is 37.4 Å². The second kappa shape index (κ2) is 3.51. The fraction of sp³-hybridized carbons (Fsp3) is 0.875. The molecule has 2 atom stereocenters. The summed E-state index contributed by atoms with van der Waals surface area (Å²) >= 11 is 3.42. The van der Waals surface area contributed by atoms with Gasteiger partial charge in [0, 0.05) is 6.42 Å². The zero-order valence-corrected chi connectivity index (χ0v) is 7.86. The number of carbonyl (C=O) groups excluding carboxylic acids is 1. The van der Waals surface area contributed by atoms with Crippen molar-refractivity contribution < 1.29 is 4.79 Å². The van der Waals surface area contributed by atoms with Crippen molar-refractivity contribution in [2.75, 3.05) is 0 Å². The molecule has 0 heterocycles. The van der Waals surface area contributed by atoms with E-state index in [0.29, 0.717) is 11.7 Å². The predicted molar refractivity (Wildman–Crippen MR) is 45.4 cm³/mol. The summed E-state index contributed by atoms with van der Waals surface area (Å²) in [6.07, 6.45) is 4.28. The molecule has 1 saturated carbocycles. The standard InChI is InChI=1S/C8H13BrO/c1-2-3-6-4-5-7(10)8(6)9/h6,8H,2-5H2,1H3. The minimum Gasteiger partial charge on any atom is -0.298 e. The van der Waals surface area contributed by atoms with Gasteiger partial charge < -0.3 is 0 Å². The highest BCUT2D eigenvalue weighted by atomic mass is 79.9. The van der Waals surface area contributed by atoms with Crippen LogP contribution in [0.2, 0.25) is 0 Å². The first-order valence-corrected chi connectivity index (χ1v) is 4.84. The third-order valence-corrected chi connectivity index (χ3v) is 3.40. The number of hydrogen-bond donors (Lipinski definition) is 0. The van der Waals surface area contributed by atoms with Crippen LogP contribution in [0.15, 0.2) is 0 Å². The van der Waals surface area contributed by atoms with Gasteiger partial charge in [-0.2, -0.15) is 0 Å². The van der Waals surface area contributed by atoms with E-state index in [4.69, 9.17) is 0 Å². The molecule has 0 aromatic carbocycles. The molecular formula is C8H13BrO. The summed E-state index contributed by atoms with van der Waals surface area (Å²) in [6, 6.07) is 0. The number of alkyl halides is 1.